The molecule has 2 N–H and O–H groups in total. The molecular formula is C6H8N2O4. The number of nitrogens with zero attached hydrogens (tertiary/aromatic N) is 1. The Bertz CT molecular complexity index is 252. The van der Waals surface area contributed by atoms with Crippen LogP contribution in [0.2, 0.25) is 0 Å². The number of hydrogen-bond acceptors (Lipinski definition) is 4. The van der Waals surface area contributed by atoms with Gasteiger partial charge in [0.05, 0.1) is 0 Å². The van der Waals surface area contributed by atoms with Gasteiger partial charge in [0.25, 0.3) is 5.91 Å². The average Bonchev–Trinajstić information content (AvgIpc) is 2.24. The van der Waals surface area contributed by atoms with Gasteiger partial charge in [-0.2, -0.15) is 0 Å². The fourth-order valence-corrected chi connectivity index (χ4v) is 1.00. The molecule has 6 heteroatoms. The highest BCUT2D eigenvalue weighted by atomic mass is 16.3. The second kappa shape index (κ2) is 2.56. The van der Waals surface area contributed by atoms with E-state index in [1.54, 1.807) is 0 Å². The number of amides is 4. The van der Waals surface area contributed by atoms with Gasteiger partial charge in [-0.05, 0) is 0 Å². The Balaban J connectivity index is 3.04. The molecule has 1 heterocycles. The van der Waals surface area contributed by atoms with Crippen LogP contribution in [0.3, 0.4) is 0 Å². The van der Waals surface area contributed by atoms with E-state index in [9.17, 15) is 19.5 Å². The minimum atomic E-state index is -2.00. The molecule has 6 nitrogen and oxygen atoms in total. The SMILES string of the molecule is CCC1(O)C(=O)NC(=O)N1C=O. The van der Waals surface area contributed by atoms with E-state index < -0.39 is 17.7 Å². The number of rotatable bonds is 2. The second-order valence-corrected chi connectivity index (χ2v) is 2.40. The van der Waals surface area contributed by atoms with E-state index in [1.165, 1.54) is 6.92 Å². The summed E-state index contributed by atoms with van der Waals surface area (Å²) in [6.07, 6.45) is 0.104. The summed E-state index contributed by atoms with van der Waals surface area (Å²) < 4.78 is 0. The summed E-state index contributed by atoms with van der Waals surface area (Å²) in [5, 5.41) is 11.3. The van der Waals surface area contributed by atoms with Gasteiger partial charge in [-0.15, -0.1) is 0 Å². The fraction of sp³-hybridized carbons (Fsp3) is 0.500. The molecule has 0 radical (unpaired) electrons. The molecule has 1 saturated heterocycles. The standard InChI is InChI=1S/C6H8N2O4/c1-2-6(12)4(10)7-5(11)8(6)3-9/h3,12H,2H2,1H3,(H,7,10,11). The number of imide groups is 2. The minimum absolute atomic E-state index is 0.0245. The van der Waals surface area contributed by atoms with Gasteiger partial charge in [-0.3, -0.25) is 14.9 Å². The Hall–Kier alpha value is -1.43. The summed E-state index contributed by atoms with van der Waals surface area (Å²) in [7, 11) is 0. The van der Waals surface area contributed by atoms with Gasteiger partial charge in [-0.25, -0.2) is 9.69 Å². The number of urea groups is 1. The first-order valence-corrected chi connectivity index (χ1v) is 3.38. The van der Waals surface area contributed by atoms with Crippen LogP contribution >= 0.6 is 0 Å². The highest BCUT2D eigenvalue weighted by Gasteiger charge is 2.50. The van der Waals surface area contributed by atoms with Crippen molar-refractivity contribution in [1.29, 1.82) is 0 Å². The predicted octanol–water partition coefficient (Wildman–Crippen LogP) is -1.21. The first-order valence-electron chi connectivity index (χ1n) is 3.38. The van der Waals surface area contributed by atoms with Gasteiger partial charge in [0, 0.05) is 6.42 Å². The lowest BCUT2D eigenvalue weighted by Crippen LogP contribution is -2.48. The largest absolute Gasteiger partial charge is 0.363 e. The zero-order valence-corrected chi connectivity index (χ0v) is 6.40. The lowest BCUT2D eigenvalue weighted by Gasteiger charge is -2.22. The van der Waals surface area contributed by atoms with E-state index in [2.05, 4.69) is 0 Å². The number of aliphatic hydroxyl groups is 1. The van der Waals surface area contributed by atoms with Crippen LogP contribution in [0.15, 0.2) is 0 Å². The molecule has 66 valence electrons. The van der Waals surface area contributed by atoms with Crippen molar-refractivity contribution in [3.05, 3.63) is 0 Å². The molecule has 12 heavy (non-hydrogen) atoms. The Morgan fingerprint density at radius 1 is 1.67 bits per heavy atom. The smallest absolute Gasteiger partial charge is 0.333 e. The van der Waals surface area contributed by atoms with Crippen molar-refractivity contribution >= 4 is 18.3 Å². The van der Waals surface area contributed by atoms with E-state index in [1.807, 2.05) is 5.32 Å². The molecule has 0 aromatic rings. The Morgan fingerprint density at radius 3 is 2.58 bits per heavy atom. The maximum absolute atomic E-state index is 10.9. The van der Waals surface area contributed by atoms with Gasteiger partial charge in [0.2, 0.25) is 12.1 Å². The van der Waals surface area contributed by atoms with Crippen molar-refractivity contribution < 1.29 is 19.5 Å². The molecule has 1 fully saturated rings. The number of carbonyl (C=O) groups is 3. The summed E-state index contributed by atoms with van der Waals surface area (Å²) in [5.74, 6) is -0.859. The molecule has 0 saturated carbocycles. The van der Waals surface area contributed by atoms with Crippen LogP contribution in [0, 0.1) is 0 Å². The van der Waals surface area contributed by atoms with Gasteiger partial charge in [0.1, 0.15) is 0 Å². The highest BCUT2D eigenvalue weighted by molar-refractivity contribution is 6.09. The van der Waals surface area contributed by atoms with E-state index in [4.69, 9.17) is 0 Å². The first kappa shape index (κ1) is 8.66. The van der Waals surface area contributed by atoms with Gasteiger partial charge in [0.15, 0.2) is 0 Å². The summed E-state index contributed by atoms with van der Waals surface area (Å²) >= 11 is 0. The lowest BCUT2D eigenvalue weighted by atomic mass is 10.1. The Morgan fingerprint density at radius 2 is 2.25 bits per heavy atom. The van der Waals surface area contributed by atoms with Crippen LogP contribution in [-0.2, 0) is 9.59 Å². The Labute approximate surface area is 68.1 Å². The van der Waals surface area contributed by atoms with E-state index in [0.29, 0.717) is 4.90 Å². The quantitative estimate of drug-likeness (QED) is 0.404. The maximum Gasteiger partial charge on any atom is 0.333 e. The van der Waals surface area contributed by atoms with Crippen LogP contribution in [0.1, 0.15) is 13.3 Å². The summed E-state index contributed by atoms with van der Waals surface area (Å²) in [5.41, 5.74) is -2.00. The molecule has 0 aromatic heterocycles. The van der Waals surface area contributed by atoms with Crippen molar-refractivity contribution in [3.63, 3.8) is 0 Å². The van der Waals surface area contributed by atoms with Crippen molar-refractivity contribution in [1.82, 2.24) is 10.2 Å². The van der Waals surface area contributed by atoms with E-state index >= 15 is 0 Å². The minimum Gasteiger partial charge on any atom is -0.363 e. The highest BCUT2D eigenvalue weighted by Crippen LogP contribution is 2.20. The van der Waals surface area contributed by atoms with Gasteiger partial charge in [-0.1, -0.05) is 6.92 Å². The zero-order valence-electron chi connectivity index (χ0n) is 6.40. The number of nitrogens with one attached hydrogen (secondary N) is 1. The lowest BCUT2D eigenvalue weighted by molar-refractivity contribution is -0.153. The molecule has 0 bridgehead atoms. The predicted molar refractivity (Wildman–Crippen MR) is 36.7 cm³/mol. The molecule has 4 amide bonds. The van der Waals surface area contributed by atoms with Crippen molar-refractivity contribution in [2.45, 2.75) is 19.1 Å². The third-order valence-corrected chi connectivity index (χ3v) is 1.80. The third-order valence-electron chi connectivity index (χ3n) is 1.80. The number of carbonyl (C=O) groups excluding carboxylic acids is 3. The molecule has 1 aliphatic rings. The molecule has 0 aliphatic carbocycles. The molecule has 1 rings (SSSR count). The Kier molecular flexibility index (Phi) is 1.85. The number of hydrogen-bond donors (Lipinski definition) is 2. The molecule has 0 spiro atoms. The monoisotopic (exact) mass is 172 g/mol. The van der Waals surface area contributed by atoms with Crippen molar-refractivity contribution in [3.8, 4) is 0 Å². The molecule has 1 atom stereocenters. The molecule has 1 aliphatic heterocycles. The van der Waals surface area contributed by atoms with Gasteiger partial charge >= 0.3 is 6.03 Å². The summed E-state index contributed by atoms with van der Waals surface area (Å²) in [4.78, 5) is 32.4. The first-order chi connectivity index (χ1) is 5.56. The van der Waals surface area contributed by atoms with Crippen LogP contribution in [0.25, 0.3) is 0 Å². The second-order valence-electron chi connectivity index (χ2n) is 2.40. The average molecular weight is 172 g/mol. The third kappa shape index (κ3) is 0.884. The normalized spacial score (nSPS) is 29.0. The fourth-order valence-electron chi connectivity index (χ4n) is 1.00. The summed E-state index contributed by atoms with van der Waals surface area (Å²) in [6.45, 7) is 1.49. The zero-order chi connectivity index (χ0) is 9.35. The van der Waals surface area contributed by atoms with Crippen LogP contribution in [0.5, 0.6) is 0 Å². The van der Waals surface area contributed by atoms with E-state index in [-0.39, 0.29) is 12.8 Å². The van der Waals surface area contributed by atoms with E-state index in [0.717, 1.165) is 0 Å². The molecule has 1 unspecified atom stereocenters. The van der Waals surface area contributed by atoms with Gasteiger partial charge < -0.3 is 5.11 Å². The van der Waals surface area contributed by atoms with Crippen molar-refractivity contribution in [2.24, 2.45) is 0 Å². The molecular weight excluding hydrogens is 164 g/mol. The van der Waals surface area contributed by atoms with Crippen LogP contribution in [-0.4, -0.2) is 34.1 Å². The topological polar surface area (TPSA) is 86.7 Å². The van der Waals surface area contributed by atoms with Crippen molar-refractivity contribution in [2.75, 3.05) is 0 Å². The molecule has 0 aromatic carbocycles. The maximum atomic E-state index is 10.9. The van der Waals surface area contributed by atoms with Crippen LogP contribution in [0.4, 0.5) is 4.79 Å². The van der Waals surface area contributed by atoms with Crippen LogP contribution < -0.4 is 5.32 Å². The summed E-state index contributed by atoms with van der Waals surface area (Å²) in [6, 6.07) is -0.889.